The minimum Gasteiger partial charge on any atom is -0.336 e. The van der Waals surface area contributed by atoms with Crippen LogP contribution in [0.5, 0.6) is 0 Å². The van der Waals surface area contributed by atoms with E-state index < -0.39 is 11.7 Å². The average molecular weight is 349 g/mol. The van der Waals surface area contributed by atoms with Crippen molar-refractivity contribution in [2.75, 3.05) is 33.2 Å². The molecule has 0 unspecified atom stereocenters. The van der Waals surface area contributed by atoms with Crippen molar-refractivity contribution in [2.24, 2.45) is 0 Å². The van der Waals surface area contributed by atoms with Crippen LogP contribution >= 0.6 is 0 Å². The molecular weight excluding hydrogens is 331 g/mol. The molecule has 0 radical (unpaired) electrons. The number of benzene rings is 1. The quantitative estimate of drug-likeness (QED) is 0.836. The Labute approximate surface area is 143 Å². The lowest BCUT2D eigenvalue weighted by molar-refractivity contribution is -0.137. The van der Waals surface area contributed by atoms with E-state index in [0.717, 1.165) is 25.4 Å². The fourth-order valence-electron chi connectivity index (χ4n) is 2.74. The zero-order chi connectivity index (χ0) is 18.0. The maximum Gasteiger partial charge on any atom is 0.417 e. The van der Waals surface area contributed by atoms with Crippen LogP contribution in [0.4, 0.5) is 13.2 Å². The van der Waals surface area contributed by atoms with Gasteiger partial charge in [0.05, 0.1) is 11.3 Å². The molecule has 1 aliphatic heterocycles. The number of carbonyl (C=O) groups is 1. The second kappa shape index (κ2) is 6.84. The molecule has 7 heteroatoms. The third-order valence-electron chi connectivity index (χ3n) is 4.29. The molecule has 25 heavy (non-hydrogen) atoms. The highest BCUT2D eigenvalue weighted by Gasteiger charge is 2.30. The lowest BCUT2D eigenvalue weighted by atomic mass is 10.1. The van der Waals surface area contributed by atoms with Gasteiger partial charge in [0.2, 0.25) is 0 Å². The summed E-state index contributed by atoms with van der Waals surface area (Å²) >= 11 is 0. The van der Waals surface area contributed by atoms with Crippen molar-refractivity contribution in [3.05, 3.63) is 53.7 Å². The summed E-state index contributed by atoms with van der Waals surface area (Å²) < 4.78 is 37.9. The Balaban J connectivity index is 1.80. The van der Waals surface area contributed by atoms with Gasteiger partial charge in [-0.05, 0) is 31.3 Å². The van der Waals surface area contributed by atoms with E-state index in [0.29, 0.717) is 29.9 Å². The Kier molecular flexibility index (Phi) is 4.76. The fraction of sp³-hybridized carbons (Fsp3) is 0.333. The number of carbonyl (C=O) groups excluding carboxylic acids is 1. The van der Waals surface area contributed by atoms with Crippen molar-refractivity contribution >= 4 is 5.91 Å². The lowest BCUT2D eigenvalue weighted by Crippen LogP contribution is -2.47. The SMILES string of the molecule is CN1CCN(C(=O)c2cccc(-c3ccc(C(F)(F)F)cn3)c2)CC1. The summed E-state index contributed by atoms with van der Waals surface area (Å²) in [6.07, 6.45) is -3.60. The third kappa shape index (κ3) is 3.99. The normalized spacial score (nSPS) is 16.1. The average Bonchev–Trinajstić information content (AvgIpc) is 2.61. The molecule has 0 bridgehead atoms. The van der Waals surface area contributed by atoms with Gasteiger partial charge in [0, 0.05) is 43.5 Å². The summed E-state index contributed by atoms with van der Waals surface area (Å²) in [7, 11) is 2.01. The molecule has 3 rings (SSSR count). The van der Waals surface area contributed by atoms with Crippen LogP contribution in [-0.4, -0.2) is 53.9 Å². The van der Waals surface area contributed by atoms with E-state index >= 15 is 0 Å². The number of amides is 1. The van der Waals surface area contributed by atoms with Crippen LogP contribution in [-0.2, 0) is 6.18 Å². The van der Waals surface area contributed by atoms with E-state index in [1.165, 1.54) is 6.07 Å². The molecule has 132 valence electrons. The van der Waals surface area contributed by atoms with E-state index in [1.54, 1.807) is 29.2 Å². The van der Waals surface area contributed by atoms with Gasteiger partial charge in [-0.3, -0.25) is 9.78 Å². The summed E-state index contributed by atoms with van der Waals surface area (Å²) in [6, 6.07) is 9.17. The first-order valence-electron chi connectivity index (χ1n) is 7.96. The summed E-state index contributed by atoms with van der Waals surface area (Å²) in [5.74, 6) is -0.0677. The van der Waals surface area contributed by atoms with Crippen LogP contribution in [0.3, 0.4) is 0 Å². The van der Waals surface area contributed by atoms with Crippen LogP contribution in [0, 0.1) is 0 Å². The van der Waals surface area contributed by atoms with E-state index in [9.17, 15) is 18.0 Å². The number of pyridine rings is 1. The molecule has 1 aromatic carbocycles. The van der Waals surface area contributed by atoms with Gasteiger partial charge in [-0.2, -0.15) is 13.2 Å². The molecule has 4 nitrogen and oxygen atoms in total. The predicted molar refractivity (Wildman–Crippen MR) is 88.1 cm³/mol. The van der Waals surface area contributed by atoms with Crippen LogP contribution in [0.15, 0.2) is 42.6 Å². The number of nitrogens with zero attached hydrogens (tertiary/aromatic N) is 3. The van der Waals surface area contributed by atoms with Crippen molar-refractivity contribution in [1.82, 2.24) is 14.8 Å². The summed E-state index contributed by atoms with van der Waals surface area (Å²) in [5, 5.41) is 0. The van der Waals surface area contributed by atoms with Crippen LogP contribution < -0.4 is 0 Å². The lowest BCUT2D eigenvalue weighted by Gasteiger charge is -2.32. The first-order valence-corrected chi connectivity index (χ1v) is 7.96. The van der Waals surface area contributed by atoms with Crippen LogP contribution in [0.2, 0.25) is 0 Å². The van der Waals surface area contributed by atoms with Gasteiger partial charge >= 0.3 is 6.18 Å². The maximum atomic E-state index is 12.6. The second-order valence-corrected chi connectivity index (χ2v) is 6.11. The number of piperazine rings is 1. The van der Waals surface area contributed by atoms with Crippen molar-refractivity contribution in [1.29, 1.82) is 0 Å². The summed E-state index contributed by atoms with van der Waals surface area (Å²) in [6.45, 7) is 2.98. The topological polar surface area (TPSA) is 36.4 Å². The Bertz CT molecular complexity index is 751. The van der Waals surface area contributed by atoms with E-state index in [-0.39, 0.29) is 5.91 Å². The molecular formula is C18H18F3N3O. The Hall–Kier alpha value is -2.41. The molecule has 2 heterocycles. The summed E-state index contributed by atoms with van der Waals surface area (Å²) in [5.41, 5.74) is 0.749. The largest absolute Gasteiger partial charge is 0.417 e. The Morgan fingerprint density at radius 3 is 2.40 bits per heavy atom. The predicted octanol–water partition coefficient (Wildman–Crippen LogP) is 3.16. The second-order valence-electron chi connectivity index (χ2n) is 6.11. The number of halogens is 3. The van der Waals surface area contributed by atoms with Gasteiger partial charge in [0.1, 0.15) is 0 Å². The number of aromatic nitrogens is 1. The van der Waals surface area contributed by atoms with Crippen molar-refractivity contribution in [3.63, 3.8) is 0 Å². The van der Waals surface area contributed by atoms with Crippen LogP contribution in [0.1, 0.15) is 15.9 Å². The first-order chi connectivity index (χ1) is 11.8. The highest BCUT2D eigenvalue weighted by atomic mass is 19.4. The monoisotopic (exact) mass is 349 g/mol. The van der Waals surface area contributed by atoms with Crippen molar-refractivity contribution in [3.8, 4) is 11.3 Å². The zero-order valence-electron chi connectivity index (χ0n) is 13.8. The standard InChI is InChI=1S/C18H18F3N3O/c1-23-7-9-24(10-8-23)17(25)14-4-2-3-13(11-14)16-6-5-15(12-22-16)18(19,20)21/h2-6,11-12H,7-10H2,1H3. The molecule has 0 N–H and O–H groups in total. The van der Waals surface area contributed by atoms with Crippen molar-refractivity contribution in [2.45, 2.75) is 6.18 Å². The number of hydrogen-bond acceptors (Lipinski definition) is 3. The van der Waals surface area contributed by atoms with E-state index in [1.807, 2.05) is 7.05 Å². The molecule has 1 amide bonds. The molecule has 1 saturated heterocycles. The highest BCUT2D eigenvalue weighted by Crippen LogP contribution is 2.29. The van der Waals surface area contributed by atoms with Gasteiger partial charge < -0.3 is 9.80 Å². The molecule has 2 aromatic rings. The molecule has 0 atom stereocenters. The zero-order valence-corrected chi connectivity index (χ0v) is 13.8. The molecule has 0 spiro atoms. The van der Waals surface area contributed by atoms with Crippen LogP contribution in [0.25, 0.3) is 11.3 Å². The third-order valence-corrected chi connectivity index (χ3v) is 4.29. The van der Waals surface area contributed by atoms with Gasteiger partial charge in [-0.15, -0.1) is 0 Å². The van der Waals surface area contributed by atoms with E-state index in [4.69, 9.17) is 0 Å². The minimum absolute atomic E-state index is 0.0677. The Morgan fingerprint density at radius 2 is 1.80 bits per heavy atom. The molecule has 0 aliphatic carbocycles. The number of rotatable bonds is 2. The van der Waals surface area contributed by atoms with Gasteiger partial charge in [-0.25, -0.2) is 0 Å². The number of hydrogen-bond donors (Lipinski definition) is 0. The minimum atomic E-state index is -4.41. The van der Waals surface area contributed by atoms with Gasteiger partial charge in [0.15, 0.2) is 0 Å². The smallest absolute Gasteiger partial charge is 0.336 e. The number of alkyl halides is 3. The molecule has 1 fully saturated rings. The fourth-order valence-corrected chi connectivity index (χ4v) is 2.74. The van der Waals surface area contributed by atoms with Gasteiger partial charge in [0.25, 0.3) is 5.91 Å². The van der Waals surface area contributed by atoms with E-state index in [2.05, 4.69) is 9.88 Å². The molecule has 1 aromatic heterocycles. The first kappa shape index (κ1) is 17.4. The maximum absolute atomic E-state index is 12.6. The summed E-state index contributed by atoms with van der Waals surface area (Å²) in [4.78, 5) is 20.5. The number of likely N-dealkylation sites (N-methyl/N-ethyl adjacent to an activating group) is 1. The van der Waals surface area contributed by atoms with Crippen molar-refractivity contribution < 1.29 is 18.0 Å². The highest BCUT2D eigenvalue weighted by molar-refractivity contribution is 5.95. The Morgan fingerprint density at radius 1 is 1.08 bits per heavy atom. The molecule has 1 aliphatic rings. The van der Waals surface area contributed by atoms with Gasteiger partial charge in [-0.1, -0.05) is 12.1 Å². The molecule has 0 saturated carbocycles.